The number of aromatic nitrogens is 4. The fourth-order valence-corrected chi connectivity index (χ4v) is 4.86. The number of hydrogen-bond acceptors (Lipinski definition) is 6. The molecule has 0 fully saturated rings. The average Bonchev–Trinajstić information content (AvgIpc) is 3.59. The number of hydrogen-bond donors (Lipinski definition) is 3. The molecule has 5 aromatic rings. The third-order valence-corrected chi connectivity index (χ3v) is 7.25. The van der Waals surface area contributed by atoms with Crippen molar-refractivity contribution in [3.05, 3.63) is 113 Å². The second-order valence-electron chi connectivity index (χ2n) is 11.0. The summed E-state index contributed by atoms with van der Waals surface area (Å²) in [6.07, 6.45) is 3.50. The lowest BCUT2D eigenvalue weighted by atomic mass is 10.1. The van der Waals surface area contributed by atoms with Crippen molar-refractivity contribution in [1.82, 2.24) is 25.1 Å². The highest BCUT2D eigenvalue weighted by molar-refractivity contribution is 5.85. The van der Waals surface area contributed by atoms with Gasteiger partial charge in [0.1, 0.15) is 17.6 Å². The van der Waals surface area contributed by atoms with Gasteiger partial charge in [0.25, 0.3) is 0 Å². The van der Waals surface area contributed by atoms with Gasteiger partial charge in [-0.05, 0) is 55.2 Å². The molecule has 0 aliphatic rings. The summed E-state index contributed by atoms with van der Waals surface area (Å²) in [6, 6.07) is 25.5. The molecular weight excluding hydrogens is 528 g/mol. The quantitative estimate of drug-likeness (QED) is 0.190. The predicted octanol–water partition coefficient (Wildman–Crippen LogP) is 4.71. The SMILES string of the molecule is COc1ccc(Cn2c(CCc3c[nH]c4ccccc34)nnc2[C@@H](COCc2ccccc2)NC(=O)C(C)(C)N)cc1. The molecule has 0 aliphatic heterocycles. The highest BCUT2D eigenvalue weighted by Gasteiger charge is 2.29. The number of para-hydroxylation sites is 1. The van der Waals surface area contributed by atoms with Gasteiger partial charge in [0.15, 0.2) is 5.82 Å². The normalized spacial score (nSPS) is 12.4. The molecule has 0 radical (unpaired) electrons. The van der Waals surface area contributed by atoms with Gasteiger partial charge in [-0.1, -0.05) is 60.7 Å². The summed E-state index contributed by atoms with van der Waals surface area (Å²) in [5.74, 6) is 1.92. The number of methoxy groups -OCH3 is 1. The number of H-pyrrole nitrogens is 1. The van der Waals surface area contributed by atoms with E-state index in [-0.39, 0.29) is 12.5 Å². The van der Waals surface area contributed by atoms with E-state index in [1.54, 1.807) is 21.0 Å². The van der Waals surface area contributed by atoms with E-state index in [9.17, 15) is 4.79 Å². The number of aryl methyl sites for hydroxylation is 2. The molecule has 0 bridgehead atoms. The second kappa shape index (κ2) is 13.0. The fraction of sp³-hybridized carbons (Fsp3) is 0.303. The zero-order chi connectivity index (χ0) is 29.5. The van der Waals surface area contributed by atoms with Crippen molar-refractivity contribution in [2.45, 2.75) is 51.4 Å². The molecule has 218 valence electrons. The Morgan fingerprint density at radius 1 is 0.976 bits per heavy atom. The summed E-state index contributed by atoms with van der Waals surface area (Å²) < 4.78 is 13.5. The highest BCUT2D eigenvalue weighted by Crippen LogP contribution is 2.22. The summed E-state index contributed by atoms with van der Waals surface area (Å²) >= 11 is 0. The molecule has 2 aromatic heterocycles. The van der Waals surface area contributed by atoms with E-state index in [0.29, 0.717) is 25.4 Å². The number of aromatic amines is 1. The predicted molar refractivity (Wildman–Crippen MR) is 163 cm³/mol. The van der Waals surface area contributed by atoms with Crippen LogP contribution in [0.15, 0.2) is 85.1 Å². The van der Waals surface area contributed by atoms with Gasteiger partial charge >= 0.3 is 0 Å². The van der Waals surface area contributed by atoms with Crippen LogP contribution in [-0.4, -0.2) is 44.9 Å². The van der Waals surface area contributed by atoms with Crippen molar-refractivity contribution >= 4 is 16.8 Å². The zero-order valence-electron chi connectivity index (χ0n) is 24.3. The van der Waals surface area contributed by atoms with Crippen molar-refractivity contribution in [3.63, 3.8) is 0 Å². The van der Waals surface area contributed by atoms with E-state index >= 15 is 0 Å². The Hall–Kier alpha value is -4.47. The topological polar surface area (TPSA) is 120 Å². The van der Waals surface area contributed by atoms with E-state index in [4.69, 9.17) is 15.2 Å². The first-order chi connectivity index (χ1) is 20.3. The largest absolute Gasteiger partial charge is 0.497 e. The van der Waals surface area contributed by atoms with Crippen molar-refractivity contribution in [3.8, 4) is 5.75 Å². The first kappa shape index (κ1) is 29.0. The van der Waals surface area contributed by atoms with Gasteiger partial charge in [0, 0.05) is 23.5 Å². The van der Waals surface area contributed by atoms with Crippen LogP contribution < -0.4 is 15.8 Å². The number of fused-ring (bicyclic) bond motifs is 1. The molecule has 1 atom stereocenters. The summed E-state index contributed by atoms with van der Waals surface area (Å²) in [5, 5.41) is 13.5. The number of carbonyl (C=O) groups is 1. The van der Waals surface area contributed by atoms with Gasteiger partial charge in [-0.15, -0.1) is 10.2 Å². The molecule has 5 rings (SSSR count). The van der Waals surface area contributed by atoms with E-state index in [2.05, 4.69) is 43.4 Å². The van der Waals surface area contributed by atoms with Crippen molar-refractivity contribution in [2.75, 3.05) is 13.7 Å². The maximum atomic E-state index is 13.1. The lowest BCUT2D eigenvalue weighted by Crippen LogP contribution is -2.51. The number of benzene rings is 3. The van der Waals surface area contributed by atoms with Gasteiger partial charge in [0.2, 0.25) is 5.91 Å². The lowest BCUT2D eigenvalue weighted by molar-refractivity contribution is -0.126. The van der Waals surface area contributed by atoms with Crippen molar-refractivity contribution in [1.29, 1.82) is 0 Å². The van der Waals surface area contributed by atoms with Gasteiger partial charge in [-0.2, -0.15) is 0 Å². The smallest absolute Gasteiger partial charge is 0.240 e. The number of nitrogens with one attached hydrogen (secondary N) is 2. The number of ether oxygens (including phenoxy) is 2. The van der Waals surface area contributed by atoms with E-state index in [1.165, 1.54) is 10.9 Å². The molecule has 0 saturated heterocycles. The molecule has 0 saturated carbocycles. The molecule has 0 aliphatic carbocycles. The molecule has 0 unspecified atom stereocenters. The van der Waals surface area contributed by atoms with Gasteiger partial charge in [0.05, 0.1) is 32.4 Å². The third kappa shape index (κ3) is 7.05. The summed E-state index contributed by atoms with van der Waals surface area (Å²) in [6.45, 7) is 4.49. The van der Waals surface area contributed by atoms with Crippen molar-refractivity contribution in [2.24, 2.45) is 5.73 Å². The number of nitrogens with two attached hydrogens (primary N) is 1. The molecule has 9 heteroatoms. The molecular formula is C33H38N6O3. The summed E-state index contributed by atoms with van der Waals surface area (Å²) in [4.78, 5) is 16.4. The Morgan fingerprint density at radius 2 is 1.71 bits per heavy atom. The molecule has 3 aromatic carbocycles. The van der Waals surface area contributed by atoms with Gasteiger partial charge in [-0.25, -0.2) is 0 Å². The van der Waals surface area contributed by atoms with E-state index < -0.39 is 11.6 Å². The zero-order valence-corrected chi connectivity index (χ0v) is 24.3. The standard InChI is InChI=1S/C33H38N6O3/c1-33(2,34)32(40)36-29(22-42-21-24-9-5-4-6-10-24)31-38-37-30(39(31)20-23-13-16-26(41-3)17-14-23)18-15-25-19-35-28-12-8-7-11-27(25)28/h4-14,16-17,19,29,35H,15,18,20-22,34H2,1-3H3,(H,36,40)/t29-/m1/s1. The number of nitrogens with zero attached hydrogens (tertiary/aromatic N) is 3. The molecule has 42 heavy (non-hydrogen) atoms. The first-order valence-electron chi connectivity index (χ1n) is 14.1. The molecule has 0 spiro atoms. The number of amides is 1. The maximum Gasteiger partial charge on any atom is 0.240 e. The molecule has 1 amide bonds. The number of rotatable bonds is 13. The highest BCUT2D eigenvalue weighted by atomic mass is 16.5. The Bertz CT molecular complexity index is 1600. The lowest BCUT2D eigenvalue weighted by Gasteiger charge is -2.24. The monoisotopic (exact) mass is 566 g/mol. The maximum absolute atomic E-state index is 13.1. The summed E-state index contributed by atoms with van der Waals surface area (Å²) in [5.41, 5.74) is 9.50. The molecule has 4 N–H and O–H groups in total. The van der Waals surface area contributed by atoms with Gasteiger partial charge < -0.3 is 30.1 Å². The Morgan fingerprint density at radius 3 is 2.45 bits per heavy atom. The van der Waals surface area contributed by atoms with Crippen LogP contribution in [0, 0.1) is 0 Å². The minimum absolute atomic E-state index is 0.208. The average molecular weight is 567 g/mol. The van der Waals surface area contributed by atoms with Crippen LogP contribution in [-0.2, 0) is 35.5 Å². The van der Waals surface area contributed by atoms with Crippen LogP contribution in [0.3, 0.4) is 0 Å². The second-order valence-corrected chi connectivity index (χ2v) is 11.0. The first-order valence-corrected chi connectivity index (χ1v) is 14.1. The van der Waals surface area contributed by atoms with E-state index in [0.717, 1.165) is 34.6 Å². The van der Waals surface area contributed by atoms with Crippen molar-refractivity contribution < 1.29 is 14.3 Å². The van der Waals surface area contributed by atoms with Crippen LogP contribution in [0.2, 0.25) is 0 Å². The van der Waals surface area contributed by atoms with Crippen LogP contribution in [0.4, 0.5) is 0 Å². The van der Waals surface area contributed by atoms with Crippen LogP contribution in [0.1, 0.15) is 48.2 Å². The Balaban J connectivity index is 1.45. The van der Waals surface area contributed by atoms with Crippen LogP contribution in [0.25, 0.3) is 10.9 Å². The number of carbonyl (C=O) groups excluding carboxylic acids is 1. The Labute approximate surface area is 246 Å². The molecule has 2 heterocycles. The van der Waals surface area contributed by atoms with Crippen LogP contribution in [0.5, 0.6) is 5.75 Å². The Kier molecular flexibility index (Phi) is 9.00. The molecule has 9 nitrogen and oxygen atoms in total. The minimum Gasteiger partial charge on any atom is -0.497 e. The minimum atomic E-state index is -1.07. The fourth-order valence-electron chi connectivity index (χ4n) is 4.86. The van der Waals surface area contributed by atoms with Crippen LogP contribution >= 0.6 is 0 Å². The third-order valence-electron chi connectivity index (χ3n) is 7.25. The van der Waals surface area contributed by atoms with E-state index in [1.807, 2.05) is 66.7 Å². The van der Waals surface area contributed by atoms with Gasteiger partial charge in [-0.3, -0.25) is 4.79 Å². The summed E-state index contributed by atoms with van der Waals surface area (Å²) in [7, 11) is 1.65.